The van der Waals surface area contributed by atoms with Gasteiger partial charge in [-0.25, -0.2) is 0 Å². The van der Waals surface area contributed by atoms with Crippen LogP contribution in [0.2, 0.25) is 0 Å². The fraction of sp³-hybridized carbons (Fsp3) is 0.810. The van der Waals surface area contributed by atoms with E-state index >= 15 is 0 Å². The van der Waals surface area contributed by atoms with E-state index in [1.165, 1.54) is 0 Å². The first kappa shape index (κ1) is 25.9. The fourth-order valence-corrected chi connectivity index (χ4v) is 4.17. The van der Waals surface area contributed by atoms with Crippen molar-refractivity contribution in [1.29, 1.82) is 5.26 Å². The number of alkyl halides is 3. The number of halogens is 3. The van der Waals surface area contributed by atoms with E-state index in [2.05, 4.69) is 10.6 Å². The maximum atomic E-state index is 13.0. The molecule has 11 heteroatoms. The lowest BCUT2D eigenvalue weighted by atomic mass is 9.90. The van der Waals surface area contributed by atoms with Crippen LogP contribution in [0.4, 0.5) is 13.2 Å². The number of carbonyl (C=O) groups is 3. The minimum Gasteiger partial charge on any atom is -0.356 e. The molecule has 2 rings (SSSR count). The van der Waals surface area contributed by atoms with Gasteiger partial charge in [0.1, 0.15) is 6.04 Å². The highest BCUT2D eigenvalue weighted by molar-refractivity contribution is 5.83. The van der Waals surface area contributed by atoms with Crippen LogP contribution in [0.25, 0.3) is 0 Å². The number of carbonyl (C=O) groups excluding carboxylic acids is 3. The van der Waals surface area contributed by atoms with E-state index in [4.69, 9.17) is 0 Å². The summed E-state index contributed by atoms with van der Waals surface area (Å²) in [5.74, 6) is -2.90. The van der Waals surface area contributed by atoms with Crippen LogP contribution in [0.1, 0.15) is 46.5 Å². The summed E-state index contributed by atoms with van der Waals surface area (Å²) >= 11 is 0. The smallest absolute Gasteiger partial charge is 0.356 e. The number of amides is 3. The summed E-state index contributed by atoms with van der Waals surface area (Å²) < 4.78 is 38.2. The third-order valence-electron chi connectivity index (χ3n) is 6.24. The molecule has 0 aliphatic carbocycles. The Morgan fingerprint density at radius 3 is 2.50 bits per heavy atom. The second kappa shape index (κ2) is 11.0. The van der Waals surface area contributed by atoms with Gasteiger partial charge in [0, 0.05) is 25.0 Å². The lowest BCUT2D eigenvalue weighted by molar-refractivity contribution is -0.174. The van der Waals surface area contributed by atoms with Crippen molar-refractivity contribution in [3.05, 3.63) is 0 Å². The molecule has 0 bridgehead atoms. The number of hydrogen-bond donors (Lipinski definition) is 3. The second-order valence-corrected chi connectivity index (χ2v) is 9.16. The normalized spacial score (nSPS) is 26.2. The quantitative estimate of drug-likeness (QED) is 0.507. The van der Waals surface area contributed by atoms with E-state index in [1.807, 2.05) is 18.3 Å². The van der Waals surface area contributed by atoms with Gasteiger partial charge in [0.15, 0.2) is 0 Å². The van der Waals surface area contributed by atoms with Crippen LogP contribution in [0.15, 0.2) is 0 Å². The topological polar surface area (TPSA) is 114 Å². The van der Waals surface area contributed by atoms with E-state index in [1.54, 1.807) is 18.7 Å². The Morgan fingerprint density at radius 1 is 1.28 bits per heavy atom. The largest absolute Gasteiger partial charge is 0.471 e. The van der Waals surface area contributed by atoms with Gasteiger partial charge in [0.05, 0.1) is 12.1 Å². The molecular weight excluding hydrogens is 427 g/mol. The molecule has 3 N–H and O–H groups in total. The summed E-state index contributed by atoms with van der Waals surface area (Å²) in [6.45, 7) is 6.54. The summed E-state index contributed by atoms with van der Waals surface area (Å²) in [7, 11) is 0. The SMILES string of the molecule is CC1CCN(C[C@@H](NC(=O)C(F)(F)F)C(C)C)C(C(=O)N[C@H](C#N)C[C@@H]2CCNC2=O)C1. The first-order chi connectivity index (χ1) is 14.9. The monoisotopic (exact) mass is 459 g/mol. The highest BCUT2D eigenvalue weighted by Crippen LogP contribution is 2.25. The maximum Gasteiger partial charge on any atom is 0.471 e. The van der Waals surface area contributed by atoms with Crippen molar-refractivity contribution in [1.82, 2.24) is 20.9 Å². The summed E-state index contributed by atoms with van der Waals surface area (Å²) in [6.07, 6.45) is -2.90. The Balaban J connectivity index is 2.07. The standard InChI is InChI=1S/C21H32F3N5O3/c1-12(2)16(28-20(32)21(22,23)24)11-29-7-5-13(3)8-17(29)19(31)27-15(10-25)9-14-4-6-26-18(14)30/h12-17H,4-9,11H2,1-3H3,(H,26,30)(H,27,31)(H,28,32)/t13?,14-,15-,16+,17?/m0/s1. The van der Waals surface area contributed by atoms with Crippen molar-refractivity contribution in [3.8, 4) is 6.07 Å². The molecule has 2 aliphatic rings. The van der Waals surface area contributed by atoms with E-state index < -0.39 is 30.2 Å². The number of hydrogen-bond acceptors (Lipinski definition) is 5. The molecule has 0 aromatic rings. The minimum absolute atomic E-state index is 0.0898. The predicted octanol–water partition coefficient (Wildman–Crippen LogP) is 1.32. The molecule has 180 valence electrons. The summed E-state index contributed by atoms with van der Waals surface area (Å²) in [4.78, 5) is 38.1. The molecule has 5 atom stereocenters. The fourth-order valence-electron chi connectivity index (χ4n) is 4.17. The number of nitrogens with one attached hydrogen (secondary N) is 3. The molecule has 0 aromatic heterocycles. The van der Waals surface area contributed by atoms with Crippen molar-refractivity contribution in [2.75, 3.05) is 19.6 Å². The molecular formula is C21H32F3N5O3. The van der Waals surface area contributed by atoms with Gasteiger partial charge in [0.2, 0.25) is 11.8 Å². The lowest BCUT2D eigenvalue weighted by Gasteiger charge is -2.40. The van der Waals surface area contributed by atoms with Gasteiger partial charge in [-0.1, -0.05) is 20.8 Å². The van der Waals surface area contributed by atoms with Crippen LogP contribution < -0.4 is 16.0 Å². The first-order valence-corrected chi connectivity index (χ1v) is 11.0. The van der Waals surface area contributed by atoms with Gasteiger partial charge < -0.3 is 16.0 Å². The third-order valence-corrected chi connectivity index (χ3v) is 6.24. The zero-order chi connectivity index (χ0) is 24.1. The molecule has 8 nitrogen and oxygen atoms in total. The van der Waals surface area contributed by atoms with Gasteiger partial charge in [-0.3, -0.25) is 19.3 Å². The van der Waals surface area contributed by atoms with E-state index in [0.29, 0.717) is 25.9 Å². The average Bonchev–Trinajstić information content (AvgIpc) is 3.11. The predicted molar refractivity (Wildman–Crippen MR) is 110 cm³/mol. The number of rotatable bonds is 8. The van der Waals surface area contributed by atoms with E-state index in [9.17, 15) is 32.8 Å². The van der Waals surface area contributed by atoms with E-state index in [-0.39, 0.29) is 42.5 Å². The number of nitriles is 1. The number of likely N-dealkylation sites (tertiary alicyclic amines) is 1. The zero-order valence-corrected chi connectivity index (χ0v) is 18.7. The molecule has 0 aromatic carbocycles. The molecule has 0 spiro atoms. The number of piperidine rings is 1. The second-order valence-electron chi connectivity index (χ2n) is 9.16. The average molecular weight is 460 g/mol. The Hall–Kier alpha value is -2.35. The Labute approximate surface area is 186 Å². The van der Waals surface area contributed by atoms with Crippen LogP contribution in [0, 0.1) is 29.1 Å². The Bertz CT molecular complexity index is 737. The number of nitrogens with zero attached hydrogens (tertiary/aromatic N) is 2. The molecule has 2 fully saturated rings. The first-order valence-electron chi connectivity index (χ1n) is 11.0. The van der Waals surface area contributed by atoms with Crippen molar-refractivity contribution in [2.24, 2.45) is 17.8 Å². The maximum absolute atomic E-state index is 13.0. The molecule has 0 radical (unpaired) electrons. The highest BCUT2D eigenvalue weighted by atomic mass is 19.4. The Morgan fingerprint density at radius 2 is 1.97 bits per heavy atom. The third kappa shape index (κ3) is 7.08. The van der Waals surface area contributed by atoms with Crippen LogP contribution in [0.5, 0.6) is 0 Å². The molecule has 2 unspecified atom stereocenters. The van der Waals surface area contributed by atoms with E-state index in [0.717, 1.165) is 6.42 Å². The van der Waals surface area contributed by atoms with Crippen LogP contribution in [-0.2, 0) is 14.4 Å². The van der Waals surface area contributed by atoms with Crippen LogP contribution >= 0.6 is 0 Å². The van der Waals surface area contributed by atoms with Crippen molar-refractivity contribution in [2.45, 2.75) is 70.8 Å². The molecule has 2 saturated heterocycles. The summed E-state index contributed by atoms with van der Waals surface area (Å²) in [6, 6.07) is -0.216. The van der Waals surface area contributed by atoms with Crippen LogP contribution in [0.3, 0.4) is 0 Å². The Kier molecular flexibility index (Phi) is 8.89. The summed E-state index contributed by atoms with van der Waals surface area (Å²) in [5, 5.41) is 16.9. The molecule has 32 heavy (non-hydrogen) atoms. The lowest BCUT2D eigenvalue weighted by Crippen LogP contribution is -2.58. The molecule has 2 heterocycles. The van der Waals surface area contributed by atoms with Gasteiger partial charge in [0.25, 0.3) is 0 Å². The van der Waals surface area contributed by atoms with Gasteiger partial charge >= 0.3 is 12.1 Å². The highest BCUT2D eigenvalue weighted by Gasteiger charge is 2.41. The molecule has 0 saturated carbocycles. The van der Waals surface area contributed by atoms with Crippen molar-refractivity contribution in [3.63, 3.8) is 0 Å². The van der Waals surface area contributed by atoms with Crippen molar-refractivity contribution < 1.29 is 27.6 Å². The van der Waals surface area contributed by atoms with Crippen LogP contribution in [-0.4, -0.2) is 66.6 Å². The van der Waals surface area contributed by atoms with Gasteiger partial charge in [-0.15, -0.1) is 0 Å². The van der Waals surface area contributed by atoms with Crippen molar-refractivity contribution >= 4 is 17.7 Å². The zero-order valence-electron chi connectivity index (χ0n) is 18.7. The molecule has 2 aliphatic heterocycles. The minimum atomic E-state index is -4.98. The van der Waals surface area contributed by atoms with Gasteiger partial charge in [-0.2, -0.15) is 18.4 Å². The summed E-state index contributed by atoms with van der Waals surface area (Å²) in [5.41, 5.74) is 0. The molecule has 3 amide bonds. The van der Waals surface area contributed by atoms with Gasteiger partial charge in [-0.05, 0) is 44.1 Å².